The van der Waals surface area contributed by atoms with Crippen LogP contribution in [-0.4, -0.2) is 21.4 Å². The summed E-state index contributed by atoms with van der Waals surface area (Å²) in [4.78, 5) is 0. The second-order valence-electron chi connectivity index (χ2n) is 6.52. The predicted octanol–water partition coefficient (Wildman–Crippen LogP) is 4.69. The van der Waals surface area contributed by atoms with Gasteiger partial charge < -0.3 is 15.3 Å². The molecule has 23 heavy (non-hydrogen) atoms. The number of benzene rings is 1. The monoisotopic (exact) mass is 336 g/mol. The molecule has 0 saturated heterocycles. The molecule has 0 bridgehead atoms. The molecule has 3 nitrogen and oxygen atoms in total. The lowest BCUT2D eigenvalue weighted by atomic mass is 9.72. The number of rotatable bonds is 4. The molecule has 0 spiro atoms. The number of aliphatic hydroxyl groups is 1. The average Bonchev–Trinajstić information content (AvgIpc) is 2.47. The Balaban J connectivity index is 2.59. The number of phenolic OH excluding ortho intramolecular Hbond substituents is 2. The van der Waals surface area contributed by atoms with Crippen molar-refractivity contribution in [3.05, 3.63) is 46.0 Å². The average molecular weight is 337 g/mol. The van der Waals surface area contributed by atoms with Gasteiger partial charge in [0.25, 0.3) is 0 Å². The van der Waals surface area contributed by atoms with E-state index in [4.69, 9.17) is 11.6 Å². The summed E-state index contributed by atoms with van der Waals surface area (Å²) in [6, 6.07) is 1.64. The summed E-state index contributed by atoms with van der Waals surface area (Å²) in [6.07, 6.45) is 3.48. The van der Waals surface area contributed by atoms with E-state index >= 15 is 0 Å². The first kappa shape index (κ1) is 17.9. The molecule has 0 amide bonds. The number of aromatic hydroxyl groups is 2. The van der Waals surface area contributed by atoms with Gasteiger partial charge in [-0.1, -0.05) is 43.2 Å². The minimum atomic E-state index is -0.521. The molecule has 0 fully saturated rings. The molecule has 2 rings (SSSR count). The molecule has 0 saturated carbocycles. The van der Waals surface area contributed by atoms with Crippen molar-refractivity contribution in [3.8, 4) is 11.5 Å². The van der Waals surface area contributed by atoms with Crippen LogP contribution in [0.15, 0.2) is 29.9 Å². The number of hydrogen-bond acceptors (Lipinski definition) is 3. The van der Waals surface area contributed by atoms with Crippen LogP contribution in [0.5, 0.6) is 11.5 Å². The number of allylic oxidation sites excluding steroid dienone is 2. The number of phenols is 2. The second-order valence-corrected chi connectivity index (χ2v) is 6.90. The molecule has 0 aromatic heterocycles. The predicted molar refractivity (Wildman–Crippen MR) is 94.2 cm³/mol. The van der Waals surface area contributed by atoms with E-state index in [1.807, 2.05) is 26.8 Å². The van der Waals surface area contributed by atoms with Gasteiger partial charge in [0.15, 0.2) is 0 Å². The SMILES string of the molecule is C=C(C)[C@@H]1C[C@H](O)C(C)=C[C@H]1c1c(O)cc(CCC)c(Cl)c1O. The maximum Gasteiger partial charge on any atom is 0.141 e. The highest BCUT2D eigenvalue weighted by Crippen LogP contribution is 2.49. The van der Waals surface area contributed by atoms with Crippen LogP contribution in [0.25, 0.3) is 0 Å². The zero-order valence-corrected chi connectivity index (χ0v) is 14.7. The van der Waals surface area contributed by atoms with E-state index in [9.17, 15) is 15.3 Å². The van der Waals surface area contributed by atoms with Crippen molar-refractivity contribution in [1.82, 2.24) is 0 Å². The Kier molecular flexibility index (Phi) is 5.43. The number of hydrogen-bond donors (Lipinski definition) is 3. The van der Waals surface area contributed by atoms with Crippen LogP contribution >= 0.6 is 11.6 Å². The maximum absolute atomic E-state index is 10.6. The first-order valence-electron chi connectivity index (χ1n) is 8.02. The molecular formula is C19H25ClO3. The molecule has 1 aromatic rings. The van der Waals surface area contributed by atoms with E-state index in [1.54, 1.807) is 6.07 Å². The fraction of sp³-hybridized carbons (Fsp3) is 0.474. The molecule has 126 valence electrons. The zero-order valence-electron chi connectivity index (χ0n) is 13.9. The van der Waals surface area contributed by atoms with Gasteiger partial charge in [0, 0.05) is 11.5 Å². The lowest BCUT2D eigenvalue weighted by molar-refractivity contribution is 0.168. The Morgan fingerprint density at radius 3 is 2.61 bits per heavy atom. The van der Waals surface area contributed by atoms with Crippen LogP contribution in [0.4, 0.5) is 0 Å². The summed E-state index contributed by atoms with van der Waals surface area (Å²) in [7, 11) is 0. The van der Waals surface area contributed by atoms with Gasteiger partial charge in [-0.05, 0) is 49.8 Å². The highest BCUT2D eigenvalue weighted by molar-refractivity contribution is 6.33. The molecule has 1 aliphatic rings. The third-order valence-corrected chi connectivity index (χ3v) is 5.12. The summed E-state index contributed by atoms with van der Waals surface area (Å²) in [5.41, 5.74) is 2.91. The highest BCUT2D eigenvalue weighted by atomic mass is 35.5. The molecule has 3 N–H and O–H groups in total. The largest absolute Gasteiger partial charge is 0.507 e. The van der Waals surface area contributed by atoms with Crippen LogP contribution < -0.4 is 0 Å². The van der Waals surface area contributed by atoms with E-state index in [2.05, 4.69) is 6.58 Å². The Morgan fingerprint density at radius 2 is 2.04 bits per heavy atom. The molecule has 0 aliphatic heterocycles. The van der Waals surface area contributed by atoms with Gasteiger partial charge in [0.05, 0.1) is 11.1 Å². The molecule has 1 aromatic carbocycles. The standard InChI is InChI=1S/C19H25ClO3/c1-5-6-12-8-16(22)17(19(23)18(12)20)14-7-11(4)15(21)9-13(14)10(2)3/h7-8,13-15,21-23H,2,5-6,9H2,1,3-4H3/t13-,14+,15-/m0/s1. The zero-order chi connectivity index (χ0) is 17.3. The molecule has 0 unspecified atom stereocenters. The van der Waals surface area contributed by atoms with E-state index < -0.39 is 6.10 Å². The van der Waals surface area contributed by atoms with Crippen molar-refractivity contribution in [3.63, 3.8) is 0 Å². The summed E-state index contributed by atoms with van der Waals surface area (Å²) < 4.78 is 0. The van der Waals surface area contributed by atoms with Crippen LogP contribution in [0.3, 0.4) is 0 Å². The Bertz CT molecular complexity index is 649. The third-order valence-electron chi connectivity index (χ3n) is 4.70. The molecule has 4 heteroatoms. The van der Waals surface area contributed by atoms with E-state index in [-0.39, 0.29) is 23.3 Å². The summed E-state index contributed by atoms with van der Waals surface area (Å²) in [6.45, 7) is 9.78. The van der Waals surface area contributed by atoms with Crippen LogP contribution in [0.2, 0.25) is 5.02 Å². The molecule has 0 radical (unpaired) electrons. The normalized spacial score (nSPS) is 24.4. The van der Waals surface area contributed by atoms with E-state index in [0.717, 1.165) is 23.1 Å². The second kappa shape index (κ2) is 6.98. The molecular weight excluding hydrogens is 312 g/mol. The van der Waals surface area contributed by atoms with Gasteiger partial charge in [-0.2, -0.15) is 0 Å². The number of aryl methyl sites for hydroxylation is 1. The Labute approximate surface area is 142 Å². The minimum Gasteiger partial charge on any atom is -0.507 e. The van der Waals surface area contributed by atoms with Gasteiger partial charge in [-0.3, -0.25) is 0 Å². The van der Waals surface area contributed by atoms with Crippen molar-refractivity contribution in [2.24, 2.45) is 5.92 Å². The fourth-order valence-corrected chi connectivity index (χ4v) is 3.60. The van der Waals surface area contributed by atoms with Crippen molar-refractivity contribution < 1.29 is 15.3 Å². The molecule has 3 atom stereocenters. The third kappa shape index (κ3) is 3.41. The van der Waals surface area contributed by atoms with Gasteiger partial charge in [0.2, 0.25) is 0 Å². The quantitative estimate of drug-likeness (QED) is 0.699. The van der Waals surface area contributed by atoms with Crippen molar-refractivity contribution >= 4 is 11.6 Å². The lowest BCUT2D eigenvalue weighted by Crippen LogP contribution is -2.26. The van der Waals surface area contributed by atoms with Crippen molar-refractivity contribution in [2.75, 3.05) is 0 Å². The first-order chi connectivity index (χ1) is 10.8. The number of aliphatic hydroxyl groups excluding tert-OH is 1. The van der Waals surface area contributed by atoms with Crippen molar-refractivity contribution in [1.29, 1.82) is 0 Å². The van der Waals surface area contributed by atoms with Crippen LogP contribution in [0, 0.1) is 5.92 Å². The smallest absolute Gasteiger partial charge is 0.141 e. The molecule has 0 heterocycles. The summed E-state index contributed by atoms with van der Waals surface area (Å²) >= 11 is 6.31. The van der Waals surface area contributed by atoms with Gasteiger partial charge in [-0.15, -0.1) is 0 Å². The van der Waals surface area contributed by atoms with Crippen LogP contribution in [0.1, 0.15) is 50.7 Å². The molecule has 1 aliphatic carbocycles. The van der Waals surface area contributed by atoms with Gasteiger partial charge in [-0.25, -0.2) is 0 Å². The fourth-order valence-electron chi connectivity index (χ4n) is 3.35. The van der Waals surface area contributed by atoms with Crippen LogP contribution in [-0.2, 0) is 6.42 Å². The topological polar surface area (TPSA) is 60.7 Å². The lowest BCUT2D eigenvalue weighted by Gasteiger charge is -2.34. The number of halogens is 1. The summed E-state index contributed by atoms with van der Waals surface area (Å²) in [5.74, 6) is -0.318. The van der Waals surface area contributed by atoms with Gasteiger partial charge in [0.1, 0.15) is 11.5 Å². The van der Waals surface area contributed by atoms with Gasteiger partial charge >= 0.3 is 0 Å². The van der Waals surface area contributed by atoms with E-state index in [0.29, 0.717) is 23.4 Å². The van der Waals surface area contributed by atoms with E-state index in [1.165, 1.54) is 0 Å². The maximum atomic E-state index is 10.6. The Hall–Kier alpha value is -1.45. The highest BCUT2D eigenvalue weighted by Gasteiger charge is 2.34. The first-order valence-corrected chi connectivity index (χ1v) is 8.40. The minimum absolute atomic E-state index is 0.0482. The Morgan fingerprint density at radius 1 is 1.39 bits per heavy atom. The van der Waals surface area contributed by atoms with Crippen molar-refractivity contribution in [2.45, 2.75) is 52.1 Å². The summed E-state index contributed by atoms with van der Waals surface area (Å²) in [5, 5.41) is 31.5.